The highest BCUT2D eigenvalue weighted by Crippen LogP contribution is 2.57. The lowest BCUT2D eigenvalue weighted by molar-refractivity contribution is 0.651. The summed E-state index contributed by atoms with van der Waals surface area (Å²) in [4.78, 5) is 4.66. The predicted molar refractivity (Wildman–Crippen MR) is 252 cm³/mol. The molecule has 0 saturated heterocycles. The molecular weight excluding hydrogens is 733 g/mol. The highest BCUT2D eigenvalue weighted by Gasteiger charge is 2.32. The van der Waals surface area contributed by atoms with Crippen molar-refractivity contribution in [2.45, 2.75) is 27.7 Å². The zero-order valence-electron chi connectivity index (χ0n) is 33.9. The number of hydrogen-bond acceptors (Lipinski definition) is 4. The SMILES string of the molecule is Cc1ccc(N(c2ccc(C)cc2)c2ccc3c4ccccc4c4oc5c(N(c6ccc(C)cc6)c6ccc(C)cc6)ccc6c7ccccc7c7oc2c3c4-c7c56)cc1. The standard InChI is InChI=1S/C56H40N2O2/c1-33-13-21-37(22-14-33)57(38-23-15-34(2)16-24-38)47-31-29-43-41-9-5-8-12-46(41)54-51-49(43)55(47)59-53-45-11-7-6-10-42(45)44-30-32-48(56(60-54)50(44)52(51)53)58(39-25-17-35(3)18-26-39)40-27-19-36(4)20-28-40/h5-32H,1-4H3. The first kappa shape index (κ1) is 34.5. The van der Waals surface area contributed by atoms with Gasteiger partial charge in [-0.3, -0.25) is 0 Å². The zero-order chi connectivity index (χ0) is 40.2. The van der Waals surface area contributed by atoms with Crippen molar-refractivity contribution in [3.8, 4) is 11.1 Å². The lowest BCUT2D eigenvalue weighted by atomic mass is 9.85. The molecular formula is C56H40N2O2. The molecule has 2 heterocycles. The van der Waals surface area contributed by atoms with Gasteiger partial charge >= 0.3 is 0 Å². The lowest BCUT2D eigenvalue weighted by Gasteiger charge is -2.30. The first-order valence-electron chi connectivity index (χ1n) is 20.7. The van der Waals surface area contributed by atoms with E-state index in [2.05, 4.69) is 207 Å². The monoisotopic (exact) mass is 772 g/mol. The fourth-order valence-electron chi connectivity index (χ4n) is 9.50. The fraction of sp³-hybridized carbons (Fsp3) is 0.0714. The van der Waals surface area contributed by atoms with E-state index in [4.69, 9.17) is 8.83 Å². The van der Waals surface area contributed by atoms with Crippen LogP contribution in [0.3, 0.4) is 0 Å². The molecule has 0 bridgehead atoms. The van der Waals surface area contributed by atoms with Crippen LogP contribution in [0.1, 0.15) is 22.3 Å². The van der Waals surface area contributed by atoms with E-state index in [-0.39, 0.29) is 0 Å². The summed E-state index contributed by atoms with van der Waals surface area (Å²) < 4.78 is 15.2. The van der Waals surface area contributed by atoms with Crippen molar-refractivity contribution >= 4 is 99.5 Å². The molecule has 286 valence electrons. The summed E-state index contributed by atoms with van der Waals surface area (Å²) in [6, 6.07) is 61.4. The Morgan fingerprint density at radius 3 is 0.900 bits per heavy atom. The molecule has 4 nitrogen and oxygen atoms in total. The van der Waals surface area contributed by atoms with Gasteiger partial charge in [-0.2, -0.15) is 0 Å². The van der Waals surface area contributed by atoms with Gasteiger partial charge in [-0.25, -0.2) is 0 Å². The zero-order valence-corrected chi connectivity index (χ0v) is 33.9. The van der Waals surface area contributed by atoms with Crippen molar-refractivity contribution < 1.29 is 8.83 Å². The van der Waals surface area contributed by atoms with Gasteiger partial charge in [0.1, 0.15) is 11.2 Å². The smallest absolute Gasteiger partial charge is 0.160 e. The van der Waals surface area contributed by atoms with Gasteiger partial charge in [0.15, 0.2) is 11.2 Å². The third-order valence-corrected chi connectivity index (χ3v) is 12.5. The molecule has 0 spiro atoms. The first-order chi connectivity index (χ1) is 29.4. The quantitative estimate of drug-likeness (QED) is 0.124. The summed E-state index contributed by atoms with van der Waals surface area (Å²) >= 11 is 0. The number of anilines is 6. The summed E-state index contributed by atoms with van der Waals surface area (Å²) in [5.41, 5.74) is 16.5. The van der Waals surface area contributed by atoms with Gasteiger partial charge in [0, 0.05) is 55.4 Å². The summed E-state index contributed by atoms with van der Waals surface area (Å²) in [5.74, 6) is 0. The van der Waals surface area contributed by atoms with Crippen LogP contribution in [0.25, 0.3) is 76.5 Å². The predicted octanol–water partition coefficient (Wildman–Crippen LogP) is 16.5. The van der Waals surface area contributed by atoms with Crippen LogP contribution in [0, 0.1) is 27.7 Å². The van der Waals surface area contributed by atoms with Crippen molar-refractivity contribution in [2.75, 3.05) is 9.80 Å². The van der Waals surface area contributed by atoms with Crippen LogP contribution in [0.4, 0.5) is 34.1 Å². The molecule has 0 saturated carbocycles. The van der Waals surface area contributed by atoms with Crippen LogP contribution in [0.15, 0.2) is 179 Å². The van der Waals surface area contributed by atoms with E-state index in [9.17, 15) is 0 Å². The Hall–Kier alpha value is -7.56. The molecule has 0 N–H and O–H groups in total. The van der Waals surface area contributed by atoms with Crippen molar-refractivity contribution in [2.24, 2.45) is 0 Å². The largest absolute Gasteiger partial charge is 0.453 e. The molecule has 0 atom stereocenters. The number of nitrogens with zero attached hydrogens (tertiary/aromatic N) is 2. The van der Waals surface area contributed by atoms with E-state index < -0.39 is 0 Å². The van der Waals surface area contributed by atoms with Gasteiger partial charge in [0.2, 0.25) is 0 Å². The maximum absolute atomic E-state index is 7.59. The number of benzene rings is 10. The average molecular weight is 773 g/mol. The molecule has 4 heteroatoms. The fourth-order valence-corrected chi connectivity index (χ4v) is 9.50. The highest BCUT2D eigenvalue weighted by molar-refractivity contribution is 6.37. The van der Waals surface area contributed by atoms with Crippen LogP contribution in [-0.2, 0) is 0 Å². The van der Waals surface area contributed by atoms with Crippen LogP contribution >= 0.6 is 0 Å². The Morgan fingerprint density at radius 1 is 0.283 bits per heavy atom. The van der Waals surface area contributed by atoms with Gasteiger partial charge in [-0.1, -0.05) is 131 Å². The minimum atomic E-state index is 0.816. The van der Waals surface area contributed by atoms with E-state index >= 15 is 0 Å². The molecule has 10 aromatic carbocycles. The molecule has 10 aromatic rings. The normalized spacial score (nSPS) is 12.0. The summed E-state index contributed by atoms with van der Waals surface area (Å²) in [5, 5.41) is 8.75. The molecule has 0 unspecified atom stereocenters. The second kappa shape index (κ2) is 13.0. The third-order valence-electron chi connectivity index (χ3n) is 12.5. The summed E-state index contributed by atoms with van der Waals surface area (Å²) in [6.07, 6.45) is 0. The van der Waals surface area contributed by atoms with E-state index in [1.165, 1.54) is 22.3 Å². The topological polar surface area (TPSA) is 32.8 Å². The van der Waals surface area contributed by atoms with Gasteiger partial charge in [-0.15, -0.1) is 0 Å². The van der Waals surface area contributed by atoms with Gasteiger partial charge in [0.25, 0.3) is 0 Å². The maximum atomic E-state index is 7.59. The third kappa shape index (κ3) is 5.04. The minimum absolute atomic E-state index is 0.816. The van der Waals surface area contributed by atoms with Crippen LogP contribution in [-0.4, -0.2) is 0 Å². The molecule has 2 aliphatic heterocycles. The van der Waals surface area contributed by atoms with Crippen molar-refractivity contribution in [3.63, 3.8) is 0 Å². The van der Waals surface area contributed by atoms with E-state index in [1.807, 2.05) is 0 Å². The second-order valence-electron chi connectivity index (χ2n) is 16.4. The Bertz CT molecular complexity index is 3230. The van der Waals surface area contributed by atoms with Crippen molar-refractivity contribution in [3.05, 3.63) is 192 Å². The molecule has 0 aliphatic carbocycles. The Morgan fingerprint density at radius 2 is 0.583 bits per heavy atom. The van der Waals surface area contributed by atoms with Crippen molar-refractivity contribution in [1.29, 1.82) is 0 Å². The Balaban J connectivity index is 1.28. The van der Waals surface area contributed by atoms with Crippen LogP contribution < -0.4 is 9.80 Å². The van der Waals surface area contributed by atoms with Crippen LogP contribution in [0.5, 0.6) is 0 Å². The number of rotatable bonds is 6. The summed E-state index contributed by atoms with van der Waals surface area (Å²) in [7, 11) is 0. The molecule has 0 aromatic heterocycles. The number of hydrogen-bond donors (Lipinski definition) is 0. The maximum Gasteiger partial charge on any atom is 0.160 e. The second-order valence-corrected chi connectivity index (χ2v) is 16.4. The van der Waals surface area contributed by atoms with Gasteiger partial charge < -0.3 is 18.6 Å². The molecule has 0 amide bonds. The van der Waals surface area contributed by atoms with Crippen LogP contribution in [0.2, 0.25) is 0 Å². The molecule has 0 fully saturated rings. The molecule has 12 rings (SSSR count). The lowest BCUT2D eigenvalue weighted by Crippen LogP contribution is -2.12. The molecule has 2 aliphatic rings. The summed E-state index contributed by atoms with van der Waals surface area (Å²) in [6.45, 7) is 8.53. The first-order valence-corrected chi connectivity index (χ1v) is 20.7. The van der Waals surface area contributed by atoms with E-state index in [1.54, 1.807) is 0 Å². The number of aryl methyl sites for hydroxylation is 4. The number of fused-ring (bicyclic) bond motifs is 6. The van der Waals surface area contributed by atoms with Gasteiger partial charge in [0.05, 0.1) is 11.4 Å². The van der Waals surface area contributed by atoms with Gasteiger partial charge in [-0.05, 0) is 110 Å². The Kier molecular flexibility index (Phi) is 7.45. The van der Waals surface area contributed by atoms with Crippen molar-refractivity contribution in [1.82, 2.24) is 0 Å². The van der Waals surface area contributed by atoms with E-state index in [0.717, 1.165) is 111 Å². The highest BCUT2D eigenvalue weighted by atomic mass is 16.3. The minimum Gasteiger partial charge on any atom is -0.453 e. The van der Waals surface area contributed by atoms with E-state index in [0.29, 0.717) is 0 Å². The molecule has 0 radical (unpaired) electrons. The Labute approximate surface area is 347 Å². The molecule has 60 heavy (non-hydrogen) atoms. The average Bonchev–Trinajstić information content (AvgIpc) is 3.28.